The van der Waals surface area contributed by atoms with E-state index in [1.807, 2.05) is 24.3 Å². The molecule has 1 saturated carbocycles. The van der Waals surface area contributed by atoms with Crippen LogP contribution in [0.3, 0.4) is 0 Å². The van der Waals surface area contributed by atoms with Gasteiger partial charge in [0.05, 0.1) is 10.6 Å². The minimum atomic E-state index is 0.313. The largest absolute Gasteiger partial charge is 0.240 e. The molecule has 0 atom stereocenters. The molecule has 4 rings (SSSR count). The molecule has 1 aliphatic rings. The number of benzene rings is 1. The Labute approximate surface area is 135 Å². The third kappa shape index (κ3) is 2.28. The van der Waals surface area contributed by atoms with Crippen molar-refractivity contribution < 1.29 is 0 Å². The second-order valence-electron chi connectivity index (χ2n) is 5.15. The molecule has 3 aromatic rings. The number of nitrogens with one attached hydrogen (secondary N) is 1. The molecule has 0 saturated heterocycles. The fraction of sp³-hybridized carbons (Fsp3) is 0.200. The van der Waals surface area contributed by atoms with Gasteiger partial charge in [0.1, 0.15) is 16.8 Å². The van der Waals surface area contributed by atoms with Crippen LogP contribution in [0.4, 0.5) is 0 Å². The number of hydrogen-bond donors (Lipinski definition) is 1. The van der Waals surface area contributed by atoms with E-state index in [0.717, 1.165) is 34.0 Å². The number of aromatic nitrogens is 4. The van der Waals surface area contributed by atoms with Gasteiger partial charge in [0.15, 0.2) is 5.69 Å². The van der Waals surface area contributed by atoms with Gasteiger partial charge >= 0.3 is 0 Å². The predicted molar refractivity (Wildman–Crippen MR) is 84.6 cm³/mol. The van der Waals surface area contributed by atoms with Gasteiger partial charge in [-0.15, -0.1) is 16.4 Å². The highest BCUT2D eigenvalue weighted by molar-refractivity contribution is 7.18. The van der Waals surface area contributed by atoms with E-state index >= 15 is 0 Å². The van der Waals surface area contributed by atoms with E-state index in [4.69, 9.17) is 21.8 Å². The lowest BCUT2D eigenvalue weighted by Crippen LogP contribution is -1.87. The van der Waals surface area contributed by atoms with E-state index in [2.05, 4.69) is 21.5 Å². The fourth-order valence-corrected chi connectivity index (χ4v) is 3.59. The van der Waals surface area contributed by atoms with E-state index in [0.29, 0.717) is 22.3 Å². The van der Waals surface area contributed by atoms with Crippen molar-refractivity contribution in [1.82, 2.24) is 20.4 Å². The SMILES string of the molecule is N#Cc1n[nH]nc1-c1sc(-c2ccc(Cl)cc2)nc1C1CC1. The van der Waals surface area contributed by atoms with Crippen LogP contribution >= 0.6 is 22.9 Å². The molecule has 0 aliphatic heterocycles. The van der Waals surface area contributed by atoms with E-state index in [9.17, 15) is 0 Å². The van der Waals surface area contributed by atoms with Gasteiger partial charge in [0.25, 0.3) is 0 Å². The summed E-state index contributed by atoms with van der Waals surface area (Å²) in [4.78, 5) is 5.73. The van der Waals surface area contributed by atoms with Crippen molar-refractivity contribution in [1.29, 1.82) is 5.26 Å². The Kier molecular flexibility index (Phi) is 3.17. The number of rotatable bonds is 3. The Morgan fingerprint density at radius 3 is 2.68 bits per heavy atom. The molecule has 5 nitrogen and oxygen atoms in total. The number of halogens is 1. The molecule has 1 aliphatic carbocycles. The first-order valence-corrected chi connectivity index (χ1v) is 8.03. The molecule has 7 heteroatoms. The van der Waals surface area contributed by atoms with Gasteiger partial charge in [0, 0.05) is 16.5 Å². The smallest absolute Gasteiger partial charge is 0.191 e. The van der Waals surface area contributed by atoms with Crippen molar-refractivity contribution in [2.75, 3.05) is 0 Å². The normalized spacial score (nSPS) is 14.0. The molecule has 0 bridgehead atoms. The average Bonchev–Trinajstić information content (AvgIpc) is 3.11. The maximum absolute atomic E-state index is 9.17. The standard InChI is InChI=1S/C15H10ClN5S/c16-10-5-3-9(4-6-10)15-18-12(8-1-2-8)14(22-15)13-11(7-17)19-21-20-13/h3-6,8H,1-2H2,(H,19,20,21). The third-order valence-corrected chi connectivity index (χ3v) is 4.96. The average molecular weight is 328 g/mol. The lowest BCUT2D eigenvalue weighted by Gasteiger charge is -1.95. The van der Waals surface area contributed by atoms with Gasteiger partial charge < -0.3 is 0 Å². The maximum Gasteiger partial charge on any atom is 0.191 e. The Bertz CT molecular complexity index is 870. The van der Waals surface area contributed by atoms with Crippen LogP contribution in [0, 0.1) is 11.3 Å². The summed E-state index contributed by atoms with van der Waals surface area (Å²) in [5.41, 5.74) is 2.96. The molecule has 2 heterocycles. The summed E-state index contributed by atoms with van der Waals surface area (Å²) in [6.45, 7) is 0. The number of nitrogens with zero attached hydrogens (tertiary/aromatic N) is 4. The van der Waals surface area contributed by atoms with Crippen LogP contribution in [-0.4, -0.2) is 20.4 Å². The van der Waals surface area contributed by atoms with E-state index in [1.54, 1.807) is 11.3 Å². The van der Waals surface area contributed by atoms with Gasteiger partial charge in [-0.05, 0) is 25.0 Å². The molecular formula is C15H10ClN5S. The number of nitriles is 1. The van der Waals surface area contributed by atoms with E-state index in [-0.39, 0.29) is 0 Å². The van der Waals surface area contributed by atoms with Gasteiger partial charge in [-0.25, -0.2) is 4.98 Å². The minimum absolute atomic E-state index is 0.313. The van der Waals surface area contributed by atoms with Gasteiger partial charge in [-0.1, -0.05) is 23.7 Å². The van der Waals surface area contributed by atoms with Gasteiger partial charge in [-0.2, -0.15) is 15.6 Å². The van der Waals surface area contributed by atoms with Crippen molar-refractivity contribution in [2.24, 2.45) is 0 Å². The molecule has 1 N–H and O–H groups in total. The van der Waals surface area contributed by atoms with Crippen LogP contribution in [0.25, 0.3) is 21.1 Å². The molecule has 1 aromatic carbocycles. The molecule has 0 radical (unpaired) electrons. The van der Waals surface area contributed by atoms with Crippen molar-refractivity contribution in [3.05, 3.63) is 40.7 Å². The summed E-state index contributed by atoms with van der Waals surface area (Å²) in [6.07, 6.45) is 2.27. The van der Waals surface area contributed by atoms with Gasteiger partial charge in [-0.3, -0.25) is 0 Å². The van der Waals surface area contributed by atoms with E-state index < -0.39 is 0 Å². The second kappa shape index (κ2) is 5.20. The quantitative estimate of drug-likeness (QED) is 0.788. The number of aromatic amines is 1. The highest BCUT2D eigenvalue weighted by Crippen LogP contribution is 2.47. The number of hydrogen-bond acceptors (Lipinski definition) is 5. The Morgan fingerprint density at radius 2 is 2.00 bits per heavy atom. The van der Waals surface area contributed by atoms with Crippen LogP contribution in [0.2, 0.25) is 5.02 Å². The lowest BCUT2D eigenvalue weighted by molar-refractivity contribution is 0.936. The summed E-state index contributed by atoms with van der Waals surface area (Å²) in [5.74, 6) is 0.468. The highest BCUT2D eigenvalue weighted by atomic mass is 35.5. The lowest BCUT2D eigenvalue weighted by atomic mass is 10.2. The van der Waals surface area contributed by atoms with Crippen molar-refractivity contribution >= 4 is 22.9 Å². The van der Waals surface area contributed by atoms with Crippen LogP contribution in [0.1, 0.15) is 30.1 Å². The summed E-state index contributed by atoms with van der Waals surface area (Å²) >= 11 is 7.49. The molecule has 0 amide bonds. The van der Waals surface area contributed by atoms with Crippen molar-refractivity contribution in [3.63, 3.8) is 0 Å². The Balaban J connectivity index is 1.85. The molecule has 2 aromatic heterocycles. The van der Waals surface area contributed by atoms with Gasteiger partial charge in [0.2, 0.25) is 0 Å². The topological polar surface area (TPSA) is 78.2 Å². The van der Waals surface area contributed by atoms with Crippen molar-refractivity contribution in [2.45, 2.75) is 18.8 Å². The number of thiazole rings is 1. The van der Waals surface area contributed by atoms with Crippen LogP contribution in [-0.2, 0) is 0 Å². The summed E-state index contributed by atoms with van der Waals surface area (Å²) in [5, 5.41) is 21.3. The summed E-state index contributed by atoms with van der Waals surface area (Å²) in [6, 6.07) is 9.69. The first-order valence-electron chi connectivity index (χ1n) is 6.84. The summed E-state index contributed by atoms with van der Waals surface area (Å²) < 4.78 is 0. The Hall–Kier alpha value is -2.23. The zero-order valence-electron chi connectivity index (χ0n) is 11.4. The molecular weight excluding hydrogens is 318 g/mol. The highest BCUT2D eigenvalue weighted by Gasteiger charge is 2.32. The molecule has 0 unspecified atom stereocenters. The first kappa shape index (κ1) is 13.4. The zero-order valence-corrected chi connectivity index (χ0v) is 12.9. The maximum atomic E-state index is 9.17. The third-order valence-electron chi connectivity index (χ3n) is 3.58. The zero-order chi connectivity index (χ0) is 15.1. The minimum Gasteiger partial charge on any atom is -0.240 e. The molecule has 22 heavy (non-hydrogen) atoms. The summed E-state index contributed by atoms with van der Waals surface area (Å²) in [7, 11) is 0. The van der Waals surface area contributed by atoms with E-state index in [1.165, 1.54) is 0 Å². The number of H-pyrrole nitrogens is 1. The second-order valence-corrected chi connectivity index (χ2v) is 6.58. The van der Waals surface area contributed by atoms with Crippen molar-refractivity contribution in [3.8, 4) is 27.2 Å². The fourth-order valence-electron chi connectivity index (χ4n) is 2.32. The van der Waals surface area contributed by atoms with Crippen LogP contribution in [0.15, 0.2) is 24.3 Å². The predicted octanol–water partition coefficient (Wildman–Crippen LogP) is 4.00. The molecule has 1 fully saturated rings. The molecule has 108 valence electrons. The Morgan fingerprint density at radius 1 is 1.23 bits per heavy atom. The van der Waals surface area contributed by atoms with Crippen LogP contribution in [0.5, 0.6) is 0 Å². The monoisotopic (exact) mass is 327 g/mol. The first-order chi connectivity index (χ1) is 10.8. The van der Waals surface area contributed by atoms with Crippen LogP contribution < -0.4 is 0 Å². The molecule has 0 spiro atoms.